The normalized spacial score (nSPS) is 28.2. The van der Waals surface area contributed by atoms with Crippen molar-refractivity contribution in [2.45, 2.75) is 25.3 Å². The number of rotatable bonds is 2. The minimum atomic E-state index is 0.743. The summed E-state index contributed by atoms with van der Waals surface area (Å²) in [5.74, 6) is 0. The fourth-order valence-corrected chi connectivity index (χ4v) is 1.16. The van der Waals surface area contributed by atoms with Crippen LogP contribution in [0.2, 0.25) is 0 Å². The SMILES string of the molecule is C=CC[14CH]1CCCN1. The fraction of sp³-hybridized carbons (Fsp3) is 0.714. The molecule has 0 aliphatic carbocycles. The molecular formula is C7H13N. The van der Waals surface area contributed by atoms with Crippen LogP contribution in [0.15, 0.2) is 12.7 Å². The largest absolute Gasteiger partial charge is 0.314 e. The molecular weight excluding hydrogens is 100 g/mol. The Morgan fingerprint density at radius 1 is 1.75 bits per heavy atom. The molecule has 1 atom stereocenters. The van der Waals surface area contributed by atoms with Crippen molar-refractivity contribution in [1.82, 2.24) is 5.32 Å². The van der Waals surface area contributed by atoms with Gasteiger partial charge in [-0.15, -0.1) is 6.58 Å². The van der Waals surface area contributed by atoms with Gasteiger partial charge in [-0.1, -0.05) is 6.08 Å². The summed E-state index contributed by atoms with van der Waals surface area (Å²) < 4.78 is 0. The zero-order chi connectivity index (χ0) is 5.82. The van der Waals surface area contributed by atoms with E-state index in [-0.39, 0.29) is 0 Å². The lowest BCUT2D eigenvalue weighted by atomic mass is 10.4. The second kappa shape index (κ2) is 2.88. The van der Waals surface area contributed by atoms with E-state index < -0.39 is 0 Å². The van der Waals surface area contributed by atoms with Crippen LogP contribution in [0.25, 0.3) is 0 Å². The van der Waals surface area contributed by atoms with Gasteiger partial charge in [-0.25, -0.2) is 0 Å². The van der Waals surface area contributed by atoms with E-state index in [4.69, 9.17) is 0 Å². The summed E-state index contributed by atoms with van der Waals surface area (Å²) in [6.45, 7) is 4.89. The quantitative estimate of drug-likeness (QED) is 0.532. The van der Waals surface area contributed by atoms with Gasteiger partial charge in [0, 0.05) is 6.04 Å². The molecule has 1 heteroatoms. The van der Waals surface area contributed by atoms with Gasteiger partial charge in [0.05, 0.1) is 0 Å². The molecule has 1 fully saturated rings. The Labute approximate surface area is 50.8 Å². The summed E-state index contributed by atoms with van der Waals surface area (Å²) in [7, 11) is 0. The van der Waals surface area contributed by atoms with Gasteiger partial charge in [0.1, 0.15) is 0 Å². The number of nitrogens with one attached hydrogen (secondary N) is 1. The van der Waals surface area contributed by atoms with E-state index in [1.807, 2.05) is 6.08 Å². The highest BCUT2D eigenvalue weighted by molar-refractivity contribution is 4.81. The van der Waals surface area contributed by atoms with Crippen molar-refractivity contribution < 1.29 is 0 Å². The highest BCUT2D eigenvalue weighted by Gasteiger charge is 2.10. The first-order chi connectivity index (χ1) is 3.93. The van der Waals surface area contributed by atoms with Crippen molar-refractivity contribution in [3.8, 4) is 0 Å². The van der Waals surface area contributed by atoms with Gasteiger partial charge in [-0.3, -0.25) is 0 Å². The zero-order valence-corrected chi connectivity index (χ0v) is 5.19. The van der Waals surface area contributed by atoms with Gasteiger partial charge in [0.25, 0.3) is 0 Å². The summed E-state index contributed by atoms with van der Waals surface area (Å²) >= 11 is 0. The molecule has 1 nitrogen and oxygen atoms in total. The minimum absolute atomic E-state index is 0.743. The van der Waals surface area contributed by atoms with Crippen LogP contribution in [-0.2, 0) is 0 Å². The molecule has 1 aliphatic heterocycles. The Morgan fingerprint density at radius 2 is 2.62 bits per heavy atom. The lowest BCUT2D eigenvalue weighted by Gasteiger charge is -2.03. The molecule has 1 N–H and O–H groups in total. The van der Waals surface area contributed by atoms with Gasteiger partial charge >= 0.3 is 0 Å². The van der Waals surface area contributed by atoms with Gasteiger partial charge in [-0.05, 0) is 25.8 Å². The maximum absolute atomic E-state index is 3.68. The van der Waals surface area contributed by atoms with Gasteiger partial charge in [0.15, 0.2) is 0 Å². The standard InChI is InChI=1S/C7H13N/c1-2-4-7-5-3-6-8-7/h2,7-8H,1,3-6H2/i7+2. The van der Waals surface area contributed by atoms with Gasteiger partial charge in [-0.2, -0.15) is 0 Å². The topological polar surface area (TPSA) is 12.0 Å². The predicted octanol–water partition coefficient (Wildman–Crippen LogP) is 1.31. The first kappa shape index (κ1) is 5.83. The van der Waals surface area contributed by atoms with Crippen LogP contribution >= 0.6 is 0 Å². The molecule has 1 rings (SSSR count). The van der Waals surface area contributed by atoms with Crippen molar-refractivity contribution in [3.63, 3.8) is 0 Å². The Hall–Kier alpha value is -0.300. The summed E-state index contributed by atoms with van der Waals surface area (Å²) in [5, 5.41) is 3.39. The Balaban J connectivity index is 2.14. The van der Waals surface area contributed by atoms with Crippen LogP contribution in [0.4, 0.5) is 0 Å². The van der Waals surface area contributed by atoms with Crippen LogP contribution in [-0.4, -0.2) is 12.6 Å². The zero-order valence-electron chi connectivity index (χ0n) is 5.19. The van der Waals surface area contributed by atoms with E-state index in [0.29, 0.717) is 0 Å². The third kappa shape index (κ3) is 1.34. The third-order valence-electron chi connectivity index (χ3n) is 1.61. The molecule has 1 saturated heterocycles. The minimum Gasteiger partial charge on any atom is -0.314 e. The van der Waals surface area contributed by atoms with Gasteiger partial charge in [0.2, 0.25) is 0 Å². The molecule has 1 aliphatic rings. The van der Waals surface area contributed by atoms with E-state index in [9.17, 15) is 0 Å². The van der Waals surface area contributed by atoms with Crippen LogP contribution in [0.5, 0.6) is 0 Å². The summed E-state index contributed by atoms with van der Waals surface area (Å²) in [5.41, 5.74) is 0. The van der Waals surface area contributed by atoms with E-state index >= 15 is 0 Å². The first-order valence-corrected chi connectivity index (χ1v) is 3.28. The Bertz CT molecular complexity index is 72.5. The maximum atomic E-state index is 3.68. The highest BCUT2D eigenvalue weighted by Crippen LogP contribution is 2.07. The predicted molar refractivity (Wildman–Crippen MR) is 35.8 cm³/mol. The van der Waals surface area contributed by atoms with Crippen molar-refractivity contribution in [3.05, 3.63) is 12.7 Å². The molecule has 0 bridgehead atoms. The molecule has 0 aromatic heterocycles. The lowest BCUT2D eigenvalue weighted by Crippen LogP contribution is -2.19. The average molecular weight is 113 g/mol. The molecule has 0 amide bonds. The average Bonchev–Trinajstić information content (AvgIpc) is 2.19. The molecule has 1 heterocycles. The smallest absolute Gasteiger partial charge is 0.0102 e. The molecule has 0 spiro atoms. The maximum Gasteiger partial charge on any atom is 0.0102 e. The molecule has 1 unspecified atom stereocenters. The van der Waals surface area contributed by atoms with Gasteiger partial charge < -0.3 is 5.32 Å². The summed E-state index contributed by atoms with van der Waals surface area (Å²) in [4.78, 5) is 0. The van der Waals surface area contributed by atoms with Crippen LogP contribution in [0, 0.1) is 0 Å². The van der Waals surface area contributed by atoms with Crippen molar-refractivity contribution in [2.24, 2.45) is 0 Å². The lowest BCUT2D eigenvalue weighted by molar-refractivity contribution is 0.615. The third-order valence-corrected chi connectivity index (χ3v) is 1.61. The summed E-state index contributed by atoms with van der Waals surface area (Å²) in [6, 6.07) is 0.743. The second-order valence-electron chi connectivity index (χ2n) is 2.32. The number of hydrogen-bond acceptors (Lipinski definition) is 1. The molecule has 46 valence electrons. The van der Waals surface area contributed by atoms with Crippen molar-refractivity contribution in [1.29, 1.82) is 0 Å². The number of hydrogen-bond donors (Lipinski definition) is 1. The van der Waals surface area contributed by atoms with E-state index in [1.54, 1.807) is 0 Å². The molecule has 0 saturated carbocycles. The molecule has 0 aromatic carbocycles. The van der Waals surface area contributed by atoms with Crippen LogP contribution < -0.4 is 5.32 Å². The van der Waals surface area contributed by atoms with E-state index in [2.05, 4.69) is 11.9 Å². The fourth-order valence-electron chi connectivity index (χ4n) is 1.16. The monoisotopic (exact) mass is 113 g/mol. The summed E-state index contributed by atoms with van der Waals surface area (Å²) in [6.07, 6.45) is 5.81. The second-order valence-corrected chi connectivity index (χ2v) is 2.32. The van der Waals surface area contributed by atoms with E-state index in [0.717, 1.165) is 12.5 Å². The molecule has 0 radical (unpaired) electrons. The Kier molecular flexibility index (Phi) is 2.10. The van der Waals surface area contributed by atoms with Crippen molar-refractivity contribution in [2.75, 3.05) is 6.54 Å². The van der Waals surface area contributed by atoms with Crippen molar-refractivity contribution >= 4 is 0 Å². The van der Waals surface area contributed by atoms with Crippen LogP contribution in [0.1, 0.15) is 19.3 Å². The van der Waals surface area contributed by atoms with Crippen LogP contribution in [0.3, 0.4) is 0 Å². The highest BCUT2D eigenvalue weighted by atomic mass is 15.5. The first-order valence-electron chi connectivity index (χ1n) is 3.28. The molecule has 8 heavy (non-hydrogen) atoms. The molecule has 0 aromatic rings. The Morgan fingerprint density at radius 3 is 3.12 bits per heavy atom. The van der Waals surface area contributed by atoms with E-state index in [1.165, 1.54) is 19.4 Å².